The minimum Gasteiger partial charge on any atom is -0.494 e. The van der Waals surface area contributed by atoms with Gasteiger partial charge in [0.15, 0.2) is 5.96 Å². The van der Waals surface area contributed by atoms with Gasteiger partial charge in [-0.15, -0.1) is 35.3 Å². The molecule has 0 radical (unpaired) electrons. The number of aliphatic imine (C=N–C) groups is 1. The highest BCUT2D eigenvalue weighted by Crippen LogP contribution is 2.11. The molecule has 0 bridgehead atoms. The summed E-state index contributed by atoms with van der Waals surface area (Å²) >= 11 is 1.72. The van der Waals surface area contributed by atoms with Crippen molar-refractivity contribution in [2.45, 2.75) is 19.4 Å². The lowest BCUT2D eigenvalue weighted by molar-refractivity contribution is 0.306. The van der Waals surface area contributed by atoms with Gasteiger partial charge in [0, 0.05) is 18.5 Å². The maximum atomic E-state index is 12.8. The van der Waals surface area contributed by atoms with Crippen LogP contribution in [0.1, 0.15) is 17.7 Å². The van der Waals surface area contributed by atoms with Crippen molar-refractivity contribution in [3.8, 4) is 5.75 Å². The van der Waals surface area contributed by atoms with E-state index in [4.69, 9.17) is 4.74 Å². The zero-order valence-corrected chi connectivity index (χ0v) is 16.8. The van der Waals surface area contributed by atoms with Crippen LogP contribution in [0.25, 0.3) is 0 Å². The van der Waals surface area contributed by atoms with Gasteiger partial charge in [-0.25, -0.2) is 4.39 Å². The van der Waals surface area contributed by atoms with Crippen molar-refractivity contribution in [1.29, 1.82) is 0 Å². The summed E-state index contributed by atoms with van der Waals surface area (Å²) in [7, 11) is 1.77. The highest BCUT2D eigenvalue weighted by Gasteiger charge is 1.99. The first-order valence-corrected chi connectivity index (χ1v) is 8.51. The van der Waals surface area contributed by atoms with Gasteiger partial charge in [0.05, 0.1) is 13.2 Å². The third-order valence-corrected chi connectivity index (χ3v) is 4.06. The normalized spacial score (nSPS) is 10.8. The van der Waals surface area contributed by atoms with Gasteiger partial charge in [0.1, 0.15) is 11.6 Å². The molecule has 0 spiro atoms. The van der Waals surface area contributed by atoms with Crippen LogP contribution in [-0.2, 0) is 6.54 Å². The average Bonchev–Trinajstić information content (AvgIpc) is 3.08. The molecule has 0 fully saturated rings. The molecule has 1 aromatic heterocycles. The van der Waals surface area contributed by atoms with Crippen molar-refractivity contribution in [3.63, 3.8) is 0 Å². The fourth-order valence-electron chi connectivity index (χ4n) is 1.96. The molecule has 24 heavy (non-hydrogen) atoms. The third kappa shape index (κ3) is 7.96. The Morgan fingerprint density at radius 2 is 1.96 bits per heavy atom. The fourth-order valence-corrected chi connectivity index (χ4v) is 2.60. The molecule has 4 nitrogen and oxygen atoms in total. The van der Waals surface area contributed by atoms with Gasteiger partial charge in [0.25, 0.3) is 0 Å². The van der Waals surface area contributed by atoms with E-state index in [1.807, 2.05) is 6.07 Å². The van der Waals surface area contributed by atoms with E-state index in [2.05, 4.69) is 27.1 Å². The van der Waals surface area contributed by atoms with E-state index in [-0.39, 0.29) is 29.8 Å². The lowest BCUT2D eigenvalue weighted by Gasteiger charge is -2.11. The van der Waals surface area contributed by atoms with Crippen LogP contribution in [0.4, 0.5) is 4.39 Å². The van der Waals surface area contributed by atoms with Crippen LogP contribution >= 0.6 is 35.3 Å². The summed E-state index contributed by atoms with van der Waals surface area (Å²) < 4.78 is 18.3. The molecule has 0 aliphatic carbocycles. The molecule has 2 rings (SSSR count). The predicted molar refractivity (Wildman–Crippen MR) is 109 cm³/mol. The molecule has 0 aliphatic rings. The second kappa shape index (κ2) is 12.1. The monoisotopic (exact) mass is 463 g/mol. The molecule has 0 amide bonds. The Morgan fingerprint density at radius 1 is 1.17 bits per heavy atom. The Morgan fingerprint density at radius 3 is 2.62 bits per heavy atom. The quantitative estimate of drug-likeness (QED) is 0.269. The molecule has 0 atom stereocenters. The van der Waals surface area contributed by atoms with Gasteiger partial charge >= 0.3 is 0 Å². The van der Waals surface area contributed by atoms with Crippen molar-refractivity contribution >= 4 is 41.3 Å². The number of unbranched alkanes of at least 4 members (excludes halogenated alkanes) is 1. The number of rotatable bonds is 8. The summed E-state index contributed by atoms with van der Waals surface area (Å²) in [5.41, 5.74) is 0. The van der Waals surface area contributed by atoms with Gasteiger partial charge in [-0.2, -0.15) is 0 Å². The molecule has 1 aromatic carbocycles. The van der Waals surface area contributed by atoms with Crippen LogP contribution in [0.15, 0.2) is 46.8 Å². The lowest BCUT2D eigenvalue weighted by atomic mass is 10.3. The van der Waals surface area contributed by atoms with Crippen molar-refractivity contribution < 1.29 is 9.13 Å². The van der Waals surface area contributed by atoms with Crippen LogP contribution in [0.3, 0.4) is 0 Å². The summed E-state index contributed by atoms with van der Waals surface area (Å²) in [6.45, 7) is 2.23. The number of halogens is 2. The second-order valence-electron chi connectivity index (χ2n) is 4.94. The van der Waals surface area contributed by atoms with E-state index in [0.717, 1.165) is 31.9 Å². The Hall–Kier alpha value is -1.35. The number of nitrogens with zero attached hydrogens (tertiary/aromatic N) is 1. The molecule has 2 N–H and O–H groups in total. The molecule has 1 heterocycles. The van der Waals surface area contributed by atoms with Crippen molar-refractivity contribution in [1.82, 2.24) is 10.6 Å². The van der Waals surface area contributed by atoms with Crippen LogP contribution in [0.2, 0.25) is 0 Å². The summed E-state index contributed by atoms with van der Waals surface area (Å²) in [6, 6.07) is 10.2. The number of benzene rings is 1. The van der Waals surface area contributed by atoms with E-state index in [1.165, 1.54) is 17.0 Å². The minimum atomic E-state index is -0.247. The molecular weight excluding hydrogens is 440 g/mol. The molecule has 2 aromatic rings. The zero-order chi connectivity index (χ0) is 16.3. The minimum absolute atomic E-state index is 0. The largest absolute Gasteiger partial charge is 0.494 e. The van der Waals surface area contributed by atoms with E-state index in [9.17, 15) is 4.39 Å². The van der Waals surface area contributed by atoms with Crippen molar-refractivity contribution in [2.75, 3.05) is 20.2 Å². The smallest absolute Gasteiger partial charge is 0.191 e. The highest BCUT2D eigenvalue weighted by molar-refractivity contribution is 14.0. The first kappa shape index (κ1) is 20.7. The fraction of sp³-hybridized carbons (Fsp3) is 0.353. The molecule has 0 saturated carbocycles. The number of hydrogen-bond donors (Lipinski definition) is 2. The van der Waals surface area contributed by atoms with Gasteiger partial charge in [0.2, 0.25) is 0 Å². The SMILES string of the molecule is CN=C(NCCCCOc1ccc(F)cc1)NCc1cccs1.I. The number of nitrogens with one attached hydrogen (secondary N) is 2. The summed E-state index contributed by atoms with van der Waals surface area (Å²) in [5.74, 6) is 1.26. The van der Waals surface area contributed by atoms with Crippen molar-refractivity contribution in [3.05, 3.63) is 52.5 Å². The molecule has 0 saturated heterocycles. The Kier molecular flexibility index (Phi) is 10.4. The Balaban J connectivity index is 0.00000288. The number of hydrogen-bond acceptors (Lipinski definition) is 3. The van der Waals surface area contributed by atoms with Gasteiger partial charge in [-0.05, 0) is 48.6 Å². The molecular formula is C17H23FIN3OS. The first-order valence-electron chi connectivity index (χ1n) is 7.63. The molecule has 0 unspecified atom stereocenters. The zero-order valence-electron chi connectivity index (χ0n) is 13.6. The van der Waals surface area contributed by atoms with Crippen LogP contribution in [0.5, 0.6) is 5.75 Å². The summed E-state index contributed by atoms with van der Waals surface area (Å²) in [6.07, 6.45) is 1.90. The van der Waals surface area contributed by atoms with E-state index in [0.29, 0.717) is 12.4 Å². The summed E-state index contributed by atoms with van der Waals surface area (Å²) in [5, 5.41) is 8.62. The number of ether oxygens (including phenoxy) is 1. The lowest BCUT2D eigenvalue weighted by Crippen LogP contribution is -2.37. The Labute approximate surface area is 163 Å². The third-order valence-electron chi connectivity index (χ3n) is 3.18. The first-order chi connectivity index (χ1) is 11.3. The summed E-state index contributed by atoms with van der Waals surface area (Å²) in [4.78, 5) is 5.47. The maximum Gasteiger partial charge on any atom is 0.191 e. The van der Waals surface area contributed by atoms with Gasteiger partial charge < -0.3 is 15.4 Å². The second-order valence-corrected chi connectivity index (χ2v) is 5.97. The number of thiophene rings is 1. The average molecular weight is 463 g/mol. The topological polar surface area (TPSA) is 45.7 Å². The predicted octanol–water partition coefficient (Wildman–Crippen LogP) is 4.03. The molecule has 132 valence electrons. The molecule has 7 heteroatoms. The van der Waals surface area contributed by atoms with E-state index in [1.54, 1.807) is 30.5 Å². The van der Waals surface area contributed by atoms with Gasteiger partial charge in [-0.1, -0.05) is 6.07 Å². The van der Waals surface area contributed by atoms with Crippen LogP contribution in [-0.4, -0.2) is 26.2 Å². The standard InChI is InChI=1S/C17H22FN3OS.HI/c1-19-17(21-13-16-5-4-12-23-16)20-10-2-3-11-22-15-8-6-14(18)7-9-15;/h4-9,12H,2-3,10-11,13H2,1H3,(H2,19,20,21);1H. The van der Waals surface area contributed by atoms with E-state index < -0.39 is 0 Å². The van der Waals surface area contributed by atoms with Crippen molar-refractivity contribution in [2.24, 2.45) is 4.99 Å². The maximum absolute atomic E-state index is 12.8. The Bertz CT molecular complexity index is 590. The highest BCUT2D eigenvalue weighted by atomic mass is 127. The molecule has 0 aliphatic heterocycles. The van der Waals surface area contributed by atoms with Crippen LogP contribution < -0.4 is 15.4 Å². The van der Waals surface area contributed by atoms with Crippen LogP contribution in [0, 0.1) is 5.82 Å². The number of guanidine groups is 1. The van der Waals surface area contributed by atoms with E-state index >= 15 is 0 Å². The van der Waals surface area contributed by atoms with Gasteiger partial charge in [-0.3, -0.25) is 4.99 Å².